The van der Waals surface area contributed by atoms with Gasteiger partial charge in [0.2, 0.25) is 0 Å². The van der Waals surface area contributed by atoms with E-state index >= 15 is 0 Å². The van der Waals surface area contributed by atoms with Crippen LogP contribution < -0.4 is 0 Å². The minimum Gasteiger partial charge on any atom is -0.372 e. The minimum absolute atomic E-state index is 0.0228. The van der Waals surface area contributed by atoms with Crippen LogP contribution in [0.3, 0.4) is 0 Å². The van der Waals surface area contributed by atoms with E-state index in [0.29, 0.717) is 6.61 Å². The molecule has 0 aliphatic carbocycles. The Bertz CT molecular complexity index is 247. The molecular formula is C7H13ClO4S. The molecule has 0 aliphatic rings. The molecule has 4 nitrogen and oxygen atoms in total. The zero-order valence-corrected chi connectivity index (χ0v) is 9.14. The SMILES string of the molecule is CC(COS(C)(=O)=O)OCC=CCl. The van der Waals surface area contributed by atoms with Crippen LogP contribution in [0.4, 0.5) is 0 Å². The van der Waals surface area contributed by atoms with Crippen molar-refractivity contribution in [3.05, 3.63) is 11.6 Å². The molecule has 0 heterocycles. The van der Waals surface area contributed by atoms with Crippen molar-refractivity contribution in [1.82, 2.24) is 0 Å². The van der Waals surface area contributed by atoms with Gasteiger partial charge >= 0.3 is 0 Å². The first-order chi connectivity index (χ1) is 5.95. The fourth-order valence-electron chi connectivity index (χ4n) is 0.524. The molecule has 13 heavy (non-hydrogen) atoms. The molecule has 0 bridgehead atoms. The Hall–Kier alpha value is -0.100. The first-order valence-electron chi connectivity index (χ1n) is 3.67. The Labute approximate surface area is 83.6 Å². The van der Waals surface area contributed by atoms with Gasteiger partial charge < -0.3 is 4.74 Å². The standard InChI is InChI=1S/C7H13ClO4S/c1-7(11-5-3-4-8)6-12-13(2,9)10/h3-4,7H,5-6H2,1-2H3. The molecule has 0 aliphatic heterocycles. The number of hydrogen-bond acceptors (Lipinski definition) is 4. The molecule has 0 N–H and O–H groups in total. The summed E-state index contributed by atoms with van der Waals surface area (Å²) in [6.07, 6.45) is 2.33. The van der Waals surface area contributed by atoms with Crippen molar-refractivity contribution < 1.29 is 17.3 Å². The minimum atomic E-state index is -3.37. The molecule has 0 fully saturated rings. The third-order valence-electron chi connectivity index (χ3n) is 1.08. The Kier molecular flexibility index (Phi) is 6.32. The zero-order valence-electron chi connectivity index (χ0n) is 7.57. The fraction of sp³-hybridized carbons (Fsp3) is 0.714. The van der Waals surface area contributed by atoms with E-state index in [-0.39, 0.29) is 12.7 Å². The lowest BCUT2D eigenvalue weighted by Gasteiger charge is -2.10. The van der Waals surface area contributed by atoms with Gasteiger partial charge in [-0.3, -0.25) is 4.18 Å². The van der Waals surface area contributed by atoms with Crippen LogP contribution in [0.15, 0.2) is 11.6 Å². The van der Waals surface area contributed by atoms with Crippen LogP contribution >= 0.6 is 11.6 Å². The second kappa shape index (κ2) is 6.37. The molecule has 0 radical (unpaired) electrons. The third-order valence-corrected chi connectivity index (χ3v) is 1.83. The number of ether oxygens (including phenoxy) is 1. The lowest BCUT2D eigenvalue weighted by molar-refractivity contribution is 0.0516. The van der Waals surface area contributed by atoms with Crippen molar-refractivity contribution in [3.63, 3.8) is 0 Å². The van der Waals surface area contributed by atoms with E-state index < -0.39 is 10.1 Å². The number of rotatable bonds is 6. The van der Waals surface area contributed by atoms with Crippen LogP contribution in [0.2, 0.25) is 0 Å². The molecule has 0 rings (SSSR count). The molecule has 6 heteroatoms. The first-order valence-corrected chi connectivity index (χ1v) is 5.92. The summed E-state index contributed by atoms with van der Waals surface area (Å²) in [6, 6.07) is 0. The largest absolute Gasteiger partial charge is 0.372 e. The van der Waals surface area contributed by atoms with Gasteiger partial charge in [0.25, 0.3) is 10.1 Å². The fourth-order valence-corrected chi connectivity index (χ4v) is 1.04. The number of halogens is 1. The van der Waals surface area contributed by atoms with Crippen molar-refractivity contribution in [1.29, 1.82) is 0 Å². The maximum absolute atomic E-state index is 10.6. The van der Waals surface area contributed by atoms with Gasteiger partial charge in [0.15, 0.2) is 0 Å². The first kappa shape index (κ1) is 12.9. The van der Waals surface area contributed by atoms with Gasteiger partial charge in [-0.2, -0.15) is 8.42 Å². The van der Waals surface area contributed by atoms with Crippen molar-refractivity contribution >= 4 is 21.7 Å². The van der Waals surface area contributed by atoms with E-state index in [1.54, 1.807) is 13.0 Å². The third kappa shape index (κ3) is 9.82. The van der Waals surface area contributed by atoms with E-state index in [1.807, 2.05) is 0 Å². The van der Waals surface area contributed by atoms with Crippen LogP contribution in [0.25, 0.3) is 0 Å². The maximum atomic E-state index is 10.6. The average Bonchev–Trinajstić information content (AvgIpc) is 2.00. The summed E-state index contributed by atoms with van der Waals surface area (Å²) in [5.41, 5.74) is 1.34. The molecule has 78 valence electrons. The summed E-state index contributed by atoms with van der Waals surface area (Å²) in [6.45, 7) is 2.08. The molecule has 0 saturated carbocycles. The van der Waals surface area contributed by atoms with Gasteiger partial charge in [0.05, 0.1) is 25.6 Å². The van der Waals surface area contributed by atoms with Crippen LogP contribution in [-0.4, -0.2) is 34.0 Å². The topological polar surface area (TPSA) is 52.6 Å². The highest BCUT2D eigenvalue weighted by atomic mass is 35.5. The van der Waals surface area contributed by atoms with Crippen LogP contribution in [-0.2, 0) is 19.0 Å². The van der Waals surface area contributed by atoms with Crippen molar-refractivity contribution in [2.45, 2.75) is 13.0 Å². The van der Waals surface area contributed by atoms with Gasteiger partial charge in [-0.15, -0.1) is 0 Å². The van der Waals surface area contributed by atoms with Crippen molar-refractivity contribution in [2.24, 2.45) is 0 Å². The highest BCUT2D eigenvalue weighted by Gasteiger charge is 2.06. The lowest BCUT2D eigenvalue weighted by Crippen LogP contribution is -2.18. The second-order valence-corrected chi connectivity index (χ2v) is 4.39. The highest BCUT2D eigenvalue weighted by Crippen LogP contribution is 1.96. The molecule has 0 aromatic rings. The van der Waals surface area contributed by atoms with E-state index in [0.717, 1.165) is 6.26 Å². The summed E-state index contributed by atoms with van der Waals surface area (Å²) < 4.78 is 30.7. The molecule has 0 spiro atoms. The Morgan fingerprint density at radius 2 is 2.15 bits per heavy atom. The van der Waals surface area contributed by atoms with Gasteiger partial charge in [-0.25, -0.2) is 0 Å². The van der Waals surface area contributed by atoms with Crippen molar-refractivity contribution in [2.75, 3.05) is 19.5 Å². The van der Waals surface area contributed by atoms with Crippen LogP contribution in [0, 0.1) is 0 Å². The van der Waals surface area contributed by atoms with Crippen molar-refractivity contribution in [3.8, 4) is 0 Å². The molecule has 0 aromatic carbocycles. The molecule has 1 unspecified atom stereocenters. The zero-order chi connectivity index (χ0) is 10.3. The maximum Gasteiger partial charge on any atom is 0.264 e. The van der Waals surface area contributed by atoms with Gasteiger partial charge in [0.1, 0.15) is 0 Å². The summed E-state index contributed by atoms with van der Waals surface area (Å²) in [5.74, 6) is 0. The Morgan fingerprint density at radius 1 is 1.54 bits per heavy atom. The quantitative estimate of drug-likeness (QED) is 0.640. The predicted octanol–water partition coefficient (Wildman–Crippen LogP) is 1.12. The van der Waals surface area contributed by atoms with Gasteiger partial charge in [-0.05, 0) is 13.0 Å². The normalized spacial score (nSPS) is 15.0. The second-order valence-electron chi connectivity index (χ2n) is 2.49. The van der Waals surface area contributed by atoms with E-state index in [2.05, 4.69) is 4.18 Å². The smallest absolute Gasteiger partial charge is 0.264 e. The number of hydrogen-bond donors (Lipinski definition) is 0. The molecule has 1 atom stereocenters. The molecule has 0 amide bonds. The van der Waals surface area contributed by atoms with Gasteiger partial charge in [0, 0.05) is 5.54 Å². The van der Waals surface area contributed by atoms with E-state index in [9.17, 15) is 8.42 Å². The molecule has 0 aromatic heterocycles. The van der Waals surface area contributed by atoms with Gasteiger partial charge in [-0.1, -0.05) is 11.6 Å². The molecular weight excluding hydrogens is 216 g/mol. The predicted molar refractivity (Wildman–Crippen MR) is 51.2 cm³/mol. The van der Waals surface area contributed by atoms with E-state index in [4.69, 9.17) is 16.3 Å². The summed E-state index contributed by atoms with van der Waals surface area (Å²) in [7, 11) is -3.37. The Balaban J connectivity index is 3.57. The average molecular weight is 229 g/mol. The molecule has 0 saturated heterocycles. The Morgan fingerprint density at radius 3 is 2.62 bits per heavy atom. The van der Waals surface area contributed by atoms with E-state index in [1.165, 1.54) is 5.54 Å². The monoisotopic (exact) mass is 228 g/mol. The summed E-state index contributed by atoms with van der Waals surface area (Å²) in [4.78, 5) is 0. The lowest BCUT2D eigenvalue weighted by atomic mass is 10.4. The van der Waals surface area contributed by atoms with Crippen LogP contribution in [0.1, 0.15) is 6.92 Å². The highest BCUT2D eigenvalue weighted by molar-refractivity contribution is 7.85. The van der Waals surface area contributed by atoms with Crippen LogP contribution in [0.5, 0.6) is 0 Å². The summed E-state index contributed by atoms with van der Waals surface area (Å²) in [5, 5.41) is 0. The summed E-state index contributed by atoms with van der Waals surface area (Å²) >= 11 is 5.25.